The predicted octanol–water partition coefficient (Wildman–Crippen LogP) is 2.51. The molecule has 0 aromatic carbocycles. The van der Waals surface area contributed by atoms with Gasteiger partial charge in [-0.2, -0.15) is 0 Å². The molecule has 23 heavy (non-hydrogen) atoms. The van der Waals surface area contributed by atoms with Gasteiger partial charge in [-0.1, -0.05) is 19.9 Å². The molecule has 5 nitrogen and oxygen atoms in total. The molecule has 1 atom stereocenters. The first-order valence-electron chi connectivity index (χ1n) is 8.55. The summed E-state index contributed by atoms with van der Waals surface area (Å²) in [6.07, 6.45) is 4.36. The zero-order valence-electron chi connectivity index (χ0n) is 14.0. The summed E-state index contributed by atoms with van der Waals surface area (Å²) in [6.45, 7) is 7.08. The Kier molecular flexibility index (Phi) is 4.85. The second-order valence-corrected chi connectivity index (χ2v) is 7.05. The van der Waals surface area contributed by atoms with Crippen molar-refractivity contribution in [3.63, 3.8) is 0 Å². The number of hydrogen-bond acceptors (Lipinski definition) is 4. The monoisotopic (exact) mass is 318 g/mol. The van der Waals surface area contributed by atoms with Crippen molar-refractivity contribution in [1.82, 2.24) is 9.88 Å². The van der Waals surface area contributed by atoms with E-state index in [1.54, 1.807) is 6.20 Å². The summed E-state index contributed by atoms with van der Waals surface area (Å²) in [4.78, 5) is 18.2. The van der Waals surface area contributed by atoms with Gasteiger partial charge in [0.25, 0.3) is 0 Å². The maximum Gasteiger partial charge on any atom is 0.223 e. The van der Waals surface area contributed by atoms with Gasteiger partial charge in [-0.05, 0) is 30.7 Å². The van der Waals surface area contributed by atoms with Crippen molar-refractivity contribution >= 4 is 5.91 Å². The fourth-order valence-electron chi connectivity index (χ4n) is 3.53. The molecule has 0 saturated carbocycles. The van der Waals surface area contributed by atoms with E-state index < -0.39 is 0 Å². The van der Waals surface area contributed by atoms with Crippen LogP contribution in [0, 0.1) is 11.8 Å². The number of hydrogen-bond donors (Lipinski definition) is 0. The minimum absolute atomic E-state index is 0.125. The fourth-order valence-corrected chi connectivity index (χ4v) is 3.53. The summed E-state index contributed by atoms with van der Waals surface area (Å²) < 4.78 is 11.7. The Morgan fingerprint density at radius 3 is 3.00 bits per heavy atom. The SMILES string of the molecule is CC(C)CC(=O)N1CC2(C1)OCC[C@H]2CCOc1ccccn1. The second-order valence-electron chi connectivity index (χ2n) is 7.05. The lowest BCUT2D eigenvalue weighted by atomic mass is 9.79. The predicted molar refractivity (Wildman–Crippen MR) is 87.2 cm³/mol. The van der Waals surface area contributed by atoms with Crippen molar-refractivity contribution < 1.29 is 14.3 Å². The van der Waals surface area contributed by atoms with Gasteiger partial charge in [0.1, 0.15) is 5.60 Å². The van der Waals surface area contributed by atoms with Crippen molar-refractivity contribution in [1.29, 1.82) is 0 Å². The Hall–Kier alpha value is -1.62. The first kappa shape index (κ1) is 16.2. The smallest absolute Gasteiger partial charge is 0.223 e. The van der Waals surface area contributed by atoms with Crippen LogP contribution >= 0.6 is 0 Å². The minimum Gasteiger partial charge on any atom is -0.478 e. The zero-order chi connectivity index (χ0) is 16.3. The number of nitrogens with zero attached hydrogens (tertiary/aromatic N) is 2. The molecule has 0 N–H and O–H groups in total. The van der Waals surface area contributed by atoms with E-state index in [0.717, 1.165) is 32.5 Å². The average Bonchev–Trinajstić information content (AvgIpc) is 2.90. The second kappa shape index (κ2) is 6.87. The zero-order valence-corrected chi connectivity index (χ0v) is 14.0. The van der Waals surface area contributed by atoms with Crippen molar-refractivity contribution in [2.24, 2.45) is 11.8 Å². The Balaban J connectivity index is 1.46. The summed E-state index contributed by atoms with van der Waals surface area (Å²) in [5.74, 6) is 1.80. The molecular formula is C18H26N2O3. The first-order valence-corrected chi connectivity index (χ1v) is 8.55. The summed E-state index contributed by atoms with van der Waals surface area (Å²) in [5.41, 5.74) is -0.125. The molecule has 5 heteroatoms. The van der Waals surface area contributed by atoms with E-state index in [1.807, 2.05) is 23.1 Å². The number of pyridine rings is 1. The lowest BCUT2D eigenvalue weighted by Crippen LogP contribution is -2.66. The number of amides is 1. The highest BCUT2D eigenvalue weighted by molar-refractivity contribution is 5.77. The van der Waals surface area contributed by atoms with Gasteiger partial charge < -0.3 is 14.4 Å². The number of carbonyl (C=O) groups excluding carboxylic acids is 1. The normalized spacial score (nSPS) is 22.4. The molecule has 0 aliphatic carbocycles. The summed E-state index contributed by atoms with van der Waals surface area (Å²) in [5, 5.41) is 0. The standard InChI is InChI=1S/C18H26N2O3/c1-14(2)11-17(21)20-12-18(13-20)15(7-10-23-18)6-9-22-16-5-3-4-8-19-16/h3-5,8,14-15H,6-7,9-13H2,1-2H3/t15-/m1/s1. The average molecular weight is 318 g/mol. The number of carbonyl (C=O) groups is 1. The molecule has 2 aliphatic rings. The summed E-state index contributed by atoms with van der Waals surface area (Å²) >= 11 is 0. The highest BCUT2D eigenvalue weighted by atomic mass is 16.5. The largest absolute Gasteiger partial charge is 0.478 e. The van der Waals surface area contributed by atoms with E-state index in [0.29, 0.717) is 30.7 Å². The fraction of sp³-hybridized carbons (Fsp3) is 0.667. The third-order valence-corrected chi connectivity index (χ3v) is 4.81. The molecule has 0 radical (unpaired) electrons. The highest BCUT2D eigenvalue weighted by Gasteiger charge is 2.53. The molecule has 3 rings (SSSR count). The van der Waals surface area contributed by atoms with Crippen LogP contribution in [0.2, 0.25) is 0 Å². The van der Waals surface area contributed by atoms with E-state index in [4.69, 9.17) is 9.47 Å². The lowest BCUT2D eigenvalue weighted by Gasteiger charge is -2.50. The van der Waals surface area contributed by atoms with Crippen molar-refractivity contribution in [2.45, 2.75) is 38.7 Å². The topological polar surface area (TPSA) is 51.7 Å². The summed E-state index contributed by atoms with van der Waals surface area (Å²) in [6, 6.07) is 5.67. The van der Waals surface area contributed by atoms with E-state index in [2.05, 4.69) is 18.8 Å². The van der Waals surface area contributed by atoms with Gasteiger partial charge in [-0.15, -0.1) is 0 Å². The third-order valence-electron chi connectivity index (χ3n) is 4.81. The molecule has 0 bridgehead atoms. The third kappa shape index (κ3) is 3.66. The molecule has 0 unspecified atom stereocenters. The molecule has 1 amide bonds. The molecule has 2 aliphatic heterocycles. The maximum atomic E-state index is 12.1. The quantitative estimate of drug-likeness (QED) is 0.809. The Morgan fingerprint density at radius 1 is 1.48 bits per heavy atom. The molecule has 1 aromatic rings. The molecular weight excluding hydrogens is 292 g/mol. The highest BCUT2D eigenvalue weighted by Crippen LogP contribution is 2.42. The molecule has 3 heterocycles. The number of aromatic nitrogens is 1. The number of rotatable bonds is 6. The van der Waals surface area contributed by atoms with Crippen LogP contribution in [0.4, 0.5) is 0 Å². The maximum absolute atomic E-state index is 12.1. The summed E-state index contributed by atoms with van der Waals surface area (Å²) in [7, 11) is 0. The Morgan fingerprint density at radius 2 is 2.30 bits per heavy atom. The van der Waals surface area contributed by atoms with E-state index in [9.17, 15) is 4.79 Å². The Labute approximate surface area is 138 Å². The van der Waals surface area contributed by atoms with E-state index in [1.165, 1.54) is 0 Å². The van der Waals surface area contributed by atoms with Gasteiger partial charge in [0, 0.05) is 25.3 Å². The van der Waals surface area contributed by atoms with Crippen LogP contribution in [0.1, 0.15) is 33.1 Å². The van der Waals surface area contributed by atoms with Gasteiger partial charge in [-0.3, -0.25) is 4.79 Å². The van der Waals surface area contributed by atoms with Crippen LogP contribution in [0.25, 0.3) is 0 Å². The van der Waals surface area contributed by atoms with Crippen LogP contribution in [0.3, 0.4) is 0 Å². The van der Waals surface area contributed by atoms with Gasteiger partial charge >= 0.3 is 0 Å². The van der Waals surface area contributed by atoms with Gasteiger partial charge in [-0.25, -0.2) is 4.98 Å². The lowest BCUT2D eigenvalue weighted by molar-refractivity contribution is -0.166. The van der Waals surface area contributed by atoms with Crippen LogP contribution < -0.4 is 4.74 Å². The van der Waals surface area contributed by atoms with Crippen LogP contribution in [-0.4, -0.2) is 47.7 Å². The first-order chi connectivity index (χ1) is 11.1. The van der Waals surface area contributed by atoms with E-state index in [-0.39, 0.29) is 11.5 Å². The van der Waals surface area contributed by atoms with Crippen molar-refractivity contribution in [2.75, 3.05) is 26.3 Å². The van der Waals surface area contributed by atoms with Crippen molar-refractivity contribution in [3.05, 3.63) is 24.4 Å². The van der Waals surface area contributed by atoms with Gasteiger partial charge in [0.15, 0.2) is 0 Å². The van der Waals surface area contributed by atoms with Crippen LogP contribution in [0.15, 0.2) is 24.4 Å². The van der Waals surface area contributed by atoms with Crippen LogP contribution in [-0.2, 0) is 9.53 Å². The van der Waals surface area contributed by atoms with Crippen LogP contribution in [0.5, 0.6) is 5.88 Å². The minimum atomic E-state index is -0.125. The van der Waals surface area contributed by atoms with Crippen molar-refractivity contribution in [3.8, 4) is 5.88 Å². The number of likely N-dealkylation sites (tertiary alicyclic amines) is 1. The molecule has 2 saturated heterocycles. The van der Waals surface area contributed by atoms with Gasteiger partial charge in [0.2, 0.25) is 11.8 Å². The molecule has 2 fully saturated rings. The molecule has 1 spiro atoms. The van der Waals surface area contributed by atoms with Gasteiger partial charge in [0.05, 0.1) is 19.7 Å². The Bertz CT molecular complexity index is 526. The number of ether oxygens (including phenoxy) is 2. The molecule has 1 aromatic heterocycles. The molecule has 126 valence electrons. The van der Waals surface area contributed by atoms with E-state index >= 15 is 0 Å².